The Hall–Kier alpha value is -2.04. The highest BCUT2D eigenvalue weighted by Crippen LogP contribution is 2.23. The first kappa shape index (κ1) is 11.4. The summed E-state index contributed by atoms with van der Waals surface area (Å²) < 4.78 is 9.65. The largest absolute Gasteiger partial charge is 0.507 e. The summed E-state index contributed by atoms with van der Waals surface area (Å²) in [7, 11) is 0. The second kappa shape index (κ2) is 4.45. The average Bonchev–Trinajstić information content (AvgIpc) is 2.68. The van der Waals surface area contributed by atoms with E-state index in [0.717, 1.165) is 0 Å². The molecule has 17 heavy (non-hydrogen) atoms. The lowest BCUT2D eigenvalue weighted by molar-refractivity contribution is -0.145. The van der Waals surface area contributed by atoms with Crippen LogP contribution in [0.25, 0.3) is 0 Å². The van der Waals surface area contributed by atoms with E-state index in [1.54, 1.807) is 19.1 Å². The molecule has 1 atom stereocenters. The van der Waals surface area contributed by atoms with Gasteiger partial charge in [-0.15, -0.1) is 0 Å². The van der Waals surface area contributed by atoms with Crippen molar-refractivity contribution in [2.24, 2.45) is 0 Å². The Morgan fingerprint density at radius 1 is 1.53 bits per heavy atom. The van der Waals surface area contributed by atoms with Gasteiger partial charge in [0.15, 0.2) is 0 Å². The monoisotopic (exact) mass is 236 g/mol. The van der Waals surface area contributed by atoms with E-state index in [2.05, 4.69) is 4.74 Å². The molecule has 0 amide bonds. The molecule has 1 fully saturated rings. The van der Waals surface area contributed by atoms with Crippen molar-refractivity contribution in [1.82, 2.24) is 0 Å². The topological polar surface area (TPSA) is 72.8 Å². The number of esters is 2. The molecular weight excluding hydrogens is 224 g/mol. The van der Waals surface area contributed by atoms with Gasteiger partial charge in [-0.1, -0.05) is 12.1 Å². The minimum Gasteiger partial charge on any atom is -0.507 e. The van der Waals surface area contributed by atoms with E-state index >= 15 is 0 Å². The molecule has 1 aliphatic heterocycles. The lowest BCUT2D eigenvalue weighted by Gasteiger charge is -2.10. The van der Waals surface area contributed by atoms with Gasteiger partial charge in [-0.3, -0.25) is 0 Å². The van der Waals surface area contributed by atoms with Crippen molar-refractivity contribution in [3.63, 3.8) is 0 Å². The zero-order valence-electron chi connectivity index (χ0n) is 9.30. The van der Waals surface area contributed by atoms with Gasteiger partial charge in [-0.25, -0.2) is 9.59 Å². The SMILES string of the molecule is Cc1cccc(C(=O)O[C@H]2CCOC2=O)c1O. The molecular formula is C12H12O5. The number of benzene rings is 1. The highest BCUT2D eigenvalue weighted by Gasteiger charge is 2.31. The van der Waals surface area contributed by atoms with E-state index in [-0.39, 0.29) is 17.9 Å². The summed E-state index contributed by atoms with van der Waals surface area (Å²) in [6, 6.07) is 4.76. The molecule has 1 N–H and O–H groups in total. The molecule has 0 aromatic heterocycles. The zero-order valence-corrected chi connectivity index (χ0v) is 9.30. The Bertz CT molecular complexity index is 466. The van der Waals surface area contributed by atoms with Crippen LogP contribution < -0.4 is 0 Å². The van der Waals surface area contributed by atoms with Gasteiger partial charge in [0.05, 0.1) is 6.61 Å². The lowest BCUT2D eigenvalue weighted by atomic mass is 10.1. The number of para-hydroxylation sites is 1. The summed E-state index contributed by atoms with van der Waals surface area (Å²) in [6.07, 6.45) is -0.501. The van der Waals surface area contributed by atoms with E-state index in [9.17, 15) is 14.7 Å². The van der Waals surface area contributed by atoms with Crippen molar-refractivity contribution < 1.29 is 24.2 Å². The number of hydrogen-bond acceptors (Lipinski definition) is 5. The summed E-state index contributed by atoms with van der Waals surface area (Å²) in [5, 5.41) is 9.69. The van der Waals surface area contributed by atoms with Crippen molar-refractivity contribution >= 4 is 11.9 Å². The number of carbonyl (C=O) groups is 2. The number of aryl methyl sites for hydroxylation is 1. The summed E-state index contributed by atoms with van der Waals surface area (Å²) in [5.74, 6) is -1.37. The van der Waals surface area contributed by atoms with Crippen LogP contribution in [0.4, 0.5) is 0 Å². The number of carbonyl (C=O) groups excluding carboxylic acids is 2. The van der Waals surface area contributed by atoms with Crippen LogP contribution in [-0.2, 0) is 14.3 Å². The molecule has 0 saturated carbocycles. The minimum absolute atomic E-state index is 0.0599. The molecule has 0 spiro atoms. The maximum Gasteiger partial charge on any atom is 0.347 e. The summed E-state index contributed by atoms with van der Waals surface area (Å²) in [5.41, 5.74) is 0.637. The Morgan fingerprint density at radius 3 is 2.94 bits per heavy atom. The fourth-order valence-corrected chi connectivity index (χ4v) is 1.60. The predicted octanol–water partition coefficient (Wildman–Crippen LogP) is 1.17. The van der Waals surface area contributed by atoms with Crippen LogP contribution in [0.15, 0.2) is 18.2 Å². The van der Waals surface area contributed by atoms with Crippen LogP contribution in [0, 0.1) is 6.92 Å². The highest BCUT2D eigenvalue weighted by molar-refractivity contribution is 5.94. The summed E-state index contributed by atoms with van der Waals surface area (Å²) in [6.45, 7) is 1.94. The Labute approximate surface area is 98.0 Å². The first-order valence-corrected chi connectivity index (χ1v) is 5.26. The number of phenolic OH excluding ortho intramolecular Hbond substituents is 1. The standard InChI is InChI=1S/C12H12O5/c1-7-3-2-4-8(10(7)13)11(14)17-9-5-6-16-12(9)15/h2-4,9,13H,5-6H2,1H3/t9-/m0/s1. The third-order valence-electron chi connectivity index (χ3n) is 2.59. The van der Waals surface area contributed by atoms with E-state index in [4.69, 9.17) is 4.74 Å². The molecule has 0 unspecified atom stereocenters. The van der Waals surface area contributed by atoms with Crippen molar-refractivity contribution in [3.8, 4) is 5.75 Å². The molecule has 0 bridgehead atoms. The van der Waals surface area contributed by atoms with Gasteiger partial charge in [0.25, 0.3) is 0 Å². The van der Waals surface area contributed by atoms with Gasteiger partial charge in [-0.2, -0.15) is 0 Å². The Kier molecular flexibility index (Phi) is 2.99. The van der Waals surface area contributed by atoms with Crippen molar-refractivity contribution in [3.05, 3.63) is 29.3 Å². The first-order chi connectivity index (χ1) is 8.09. The third-order valence-corrected chi connectivity index (χ3v) is 2.59. The zero-order chi connectivity index (χ0) is 12.4. The highest BCUT2D eigenvalue weighted by atomic mass is 16.6. The van der Waals surface area contributed by atoms with Crippen LogP contribution in [0.3, 0.4) is 0 Å². The van der Waals surface area contributed by atoms with Crippen LogP contribution >= 0.6 is 0 Å². The van der Waals surface area contributed by atoms with Gasteiger partial charge in [0.1, 0.15) is 11.3 Å². The number of hydrogen-bond donors (Lipinski definition) is 1. The number of cyclic esters (lactones) is 1. The van der Waals surface area contributed by atoms with Crippen molar-refractivity contribution in [2.75, 3.05) is 6.61 Å². The quantitative estimate of drug-likeness (QED) is 0.780. The van der Waals surface area contributed by atoms with E-state index in [0.29, 0.717) is 12.0 Å². The van der Waals surface area contributed by atoms with Crippen LogP contribution in [0.1, 0.15) is 22.3 Å². The van der Waals surface area contributed by atoms with Crippen LogP contribution in [-0.4, -0.2) is 29.8 Å². The second-order valence-corrected chi connectivity index (χ2v) is 3.82. The lowest BCUT2D eigenvalue weighted by Crippen LogP contribution is -2.22. The normalized spacial score (nSPS) is 18.9. The molecule has 0 radical (unpaired) electrons. The smallest absolute Gasteiger partial charge is 0.347 e. The number of phenols is 1. The molecule has 2 rings (SSSR count). The second-order valence-electron chi connectivity index (χ2n) is 3.82. The van der Waals surface area contributed by atoms with Gasteiger partial charge in [0.2, 0.25) is 6.10 Å². The van der Waals surface area contributed by atoms with Crippen molar-refractivity contribution in [1.29, 1.82) is 0 Å². The maximum absolute atomic E-state index is 11.7. The fraction of sp³-hybridized carbons (Fsp3) is 0.333. The van der Waals surface area contributed by atoms with Crippen LogP contribution in [0.5, 0.6) is 5.75 Å². The first-order valence-electron chi connectivity index (χ1n) is 5.26. The van der Waals surface area contributed by atoms with E-state index < -0.39 is 18.0 Å². The molecule has 0 aliphatic carbocycles. The molecule has 1 aromatic carbocycles. The summed E-state index contributed by atoms with van der Waals surface area (Å²) in [4.78, 5) is 22.9. The molecule has 90 valence electrons. The van der Waals surface area contributed by atoms with E-state index in [1.807, 2.05) is 0 Å². The van der Waals surface area contributed by atoms with Gasteiger partial charge < -0.3 is 14.6 Å². The van der Waals surface area contributed by atoms with Gasteiger partial charge >= 0.3 is 11.9 Å². The maximum atomic E-state index is 11.7. The number of aromatic hydroxyl groups is 1. The van der Waals surface area contributed by atoms with Crippen molar-refractivity contribution in [2.45, 2.75) is 19.4 Å². The number of rotatable bonds is 2. The molecule has 1 heterocycles. The number of ether oxygens (including phenoxy) is 2. The molecule has 1 saturated heterocycles. The molecule has 1 aromatic rings. The summed E-state index contributed by atoms with van der Waals surface area (Å²) >= 11 is 0. The average molecular weight is 236 g/mol. The minimum atomic E-state index is -0.859. The molecule has 5 heteroatoms. The molecule has 5 nitrogen and oxygen atoms in total. The predicted molar refractivity (Wildman–Crippen MR) is 57.6 cm³/mol. The van der Waals surface area contributed by atoms with Crippen LogP contribution in [0.2, 0.25) is 0 Å². The Balaban J connectivity index is 2.14. The third kappa shape index (κ3) is 2.22. The van der Waals surface area contributed by atoms with E-state index in [1.165, 1.54) is 6.07 Å². The molecule has 1 aliphatic rings. The Morgan fingerprint density at radius 2 is 2.29 bits per heavy atom. The van der Waals surface area contributed by atoms with Gasteiger partial charge in [0, 0.05) is 6.42 Å². The van der Waals surface area contributed by atoms with Gasteiger partial charge in [-0.05, 0) is 18.6 Å². The fourth-order valence-electron chi connectivity index (χ4n) is 1.60.